The van der Waals surface area contributed by atoms with Crippen LogP contribution in [0.2, 0.25) is 0 Å². The quantitative estimate of drug-likeness (QED) is 0.276. The Morgan fingerprint density at radius 3 is 2.34 bits per heavy atom. The zero-order chi connectivity index (χ0) is 24.4. The van der Waals surface area contributed by atoms with Crippen LogP contribution < -0.4 is 9.64 Å². The van der Waals surface area contributed by atoms with E-state index in [-0.39, 0.29) is 53.4 Å². The van der Waals surface area contributed by atoms with E-state index in [0.717, 1.165) is 6.42 Å². The summed E-state index contributed by atoms with van der Waals surface area (Å²) >= 11 is 0. The van der Waals surface area contributed by atoms with Crippen molar-refractivity contribution in [2.24, 2.45) is 35.5 Å². The van der Waals surface area contributed by atoms with Gasteiger partial charge in [0.05, 0.1) is 23.9 Å². The molecule has 3 amide bonds. The first-order chi connectivity index (χ1) is 16.9. The standard InChI is InChI=1S/C26H23N3O6/c1-35-17-7-3-5-15(11-17)27(24(30)14-4-2-6-16(10-14)29(33)34)13-28-25(31)22-18-8-9-19(21-12-20(18)21)23(22)26(28)32/h2-11,18-23H,12-13H2,1H3. The molecule has 0 spiro atoms. The van der Waals surface area contributed by atoms with Crippen molar-refractivity contribution in [3.63, 3.8) is 0 Å². The van der Waals surface area contributed by atoms with Crippen molar-refractivity contribution >= 4 is 29.1 Å². The lowest BCUT2D eigenvalue weighted by atomic mass is 9.63. The van der Waals surface area contributed by atoms with Gasteiger partial charge in [0.25, 0.3) is 11.6 Å². The smallest absolute Gasteiger partial charge is 0.270 e. The lowest BCUT2D eigenvalue weighted by Crippen LogP contribution is -2.45. The summed E-state index contributed by atoms with van der Waals surface area (Å²) in [5.41, 5.74) is 0.282. The van der Waals surface area contributed by atoms with Crippen LogP contribution in [0.15, 0.2) is 60.7 Å². The average molecular weight is 473 g/mol. The third-order valence-corrected chi connectivity index (χ3v) is 7.95. The van der Waals surface area contributed by atoms with Gasteiger partial charge in [-0.05, 0) is 48.3 Å². The molecule has 9 heteroatoms. The molecular weight excluding hydrogens is 450 g/mol. The summed E-state index contributed by atoms with van der Waals surface area (Å²) in [6.07, 6.45) is 5.27. The number of methoxy groups -OCH3 is 1. The number of nitro groups is 1. The number of hydrogen-bond acceptors (Lipinski definition) is 6. The number of non-ortho nitro benzene ring substituents is 1. The highest BCUT2D eigenvalue weighted by molar-refractivity contribution is 6.10. The molecule has 2 aromatic carbocycles. The monoisotopic (exact) mass is 473 g/mol. The van der Waals surface area contributed by atoms with E-state index < -0.39 is 10.8 Å². The third kappa shape index (κ3) is 3.25. The van der Waals surface area contributed by atoms with Gasteiger partial charge in [-0.1, -0.05) is 24.3 Å². The van der Waals surface area contributed by atoms with Crippen LogP contribution in [-0.2, 0) is 9.59 Å². The average Bonchev–Trinajstić information content (AvgIpc) is 3.67. The summed E-state index contributed by atoms with van der Waals surface area (Å²) in [7, 11) is 1.50. The molecule has 1 aliphatic heterocycles. The van der Waals surface area contributed by atoms with Gasteiger partial charge in [-0.2, -0.15) is 0 Å². The maximum atomic E-state index is 13.6. The molecule has 3 fully saturated rings. The van der Waals surface area contributed by atoms with E-state index in [1.54, 1.807) is 24.3 Å². The van der Waals surface area contributed by atoms with Crippen molar-refractivity contribution in [3.8, 4) is 5.75 Å². The molecule has 5 aliphatic rings. The minimum Gasteiger partial charge on any atom is -0.497 e. The number of anilines is 1. The summed E-state index contributed by atoms with van der Waals surface area (Å²) in [4.78, 5) is 53.9. The van der Waals surface area contributed by atoms with E-state index in [9.17, 15) is 24.5 Å². The lowest BCUT2D eigenvalue weighted by Gasteiger charge is -2.37. The van der Waals surface area contributed by atoms with Crippen LogP contribution >= 0.6 is 0 Å². The predicted molar refractivity (Wildman–Crippen MR) is 124 cm³/mol. The maximum absolute atomic E-state index is 13.6. The van der Waals surface area contributed by atoms with Crippen LogP contribution in [0.3, 0.4) is 0 Å². The van der Waals surface area contributed by atoms with Gasteiger partial charge in [0.2, 0.25) is 11.8 Å². The molecule has 6 atom stereocenters. The predicted octanol–water partition coefficient (Wildman–Crippen LogP) is 3.26. The molecule has 178 valence electrons. The molecule has 2 saturated carbocycles. The number of nitro benzene ring substituents is 1. The van der Waals surface area contributed by atoms with Crippen molar-refractivity contribution in [2.45, 2.75) is 6.42 Å². The Morgan fingerprint density at radius 2 is 1.71 bits per heavy atom. The van der Waals surface area contributed by atoms with E-state index >= 15 is 0 Å². The van der Waals surface area contributed by atoms with Crippen molar-refractivity contribution < 1.29 is 24.0 Å². The molecular formula is C26H23N3O6. The Balaban J connectivity index is 1.36. The number of ether oxygens (including phenoxy) is 1. The van der Waals surface area contributed by atoms with Gasteiger partial charge in [-0.15, -0.1) is 0 Å². The molecule has 0 N–H and O–H groups in total. The van der Waals surface area contributed by atoms with Crippen molar-refractivity contribution in [3.05, 3.63) is 76.4 Å². The van der Waals surface area contributed by atoms with Gasteiger partial charge in [-0.25, -0.2) is 0 Å². The van der Waals surface area contributed by atoms with Crippen LogP contribution in [0.25, 0.3) is 0 Å². The number of hydrogen-bond donors (Lipinski definition) is 0. The number of imide groups is 1. The fourth-order valence-corrected chi connectivity index (χ4v) is 6.25. The van der Waals surface area contributed by atoms with Crippen LogP contribution in [0.1, 0.15) is 16.8 Å². The van der Waals surface area contributed by atoms with E-state index in [0.29, 0.717) is 23.3 Å². The second-order valence-corrected chi connectivity index (χ2v) is 9.64. The lowest BCUT2D eigenvalue weighted by molar-refractivity contribution is -0.384. The molecule has 4 aliphatic carbocycles. The van der Waals surface area contributed by atoms with E-state index in [2.05, 4.69) is 12.2 Å². The summed E-state index contributed by atoms with van der Waals surface area (Å²) in [5, 5.41) is 11.3. The second kappa shape index (κ2) is 7.76. The normalized spacial score (nSPS) is 29.6. The SMILES string of the molecule is COc1cccc(N(CN2C(=O)C3C4C=CC(C5CC45)C3C2=O)C(=O)c2cccc([N+](=O)[O-])c2)c1. The van der Waals surface area contributed by atoms with E-state index in [1.165, 1.54) is 41.2 Å². The molecule has 1 saturated heterocycles. The molecule has 9 nitrogen and oxygen atoms in total. The Labute approximate surface area is 201 Å². The van der Waals surface area contributed by atoms with Crippen molar-refractivity contribution in [1.29, 1.82) is 0 Å². The highest BCUT2D eigenvalue weighted by Crippen LogP contribution is 2.65. The van der Waals surface area contributed by atoms with E-state index in [4.69, 9.17) is 4.74 Å². The minimum absolute atomic E-state index is 0.0780. The number of carbonyl (C=O) groups is 3. The fraction of sp³-hybridized carbons (Fsp3) is 0.346. The summed E-state index contributed by atoms with van der Waals surface area (Å²) in [5.74, 6) is -0.191. The Hall–Kier alpha value is -4.01. The first-order valence-electron chi connectivity index (χ1n) is 11.6. The number of benzene rings is 2. The van der Waals surface area contributed by atoms with Crippen LogP contribution in [-0.4, -0.2) is 41.3 Å². The number of rotatable bonds is 6. The molecule has 0 aromatic heterocycles. The van der Waals surface area contributed by atoms with Crippen molar-refractivity contribution in [2.75, 3.05) is 18.7 Å². The Kier molecular flexibility index (Phi) is 4.77. The summed E-state index contributed by atoms with van der Waals surface area (Å²) in [6, 6.07) is 12.1. The number of likely N-dealkylation sites (tertiary alicyclic amines) is 1. The van der Waals surface area contributed by atoms with Gasteiger partial charge in [-0.3, -0.25) is 34.3 Å². The maximum Gasteiger partial charge on any atom is 0.270 e. The van der Waals surface area contributed by atoms with Gasteiger partial charge < -0.3 is 4.74 Å². The summed E-state index contributed by atoms with van der Waals surface area (Å²) in [6.45, 7) is -0.270. The topological polar surface area (TPSA) is 110 Å². The largest absolute Gasteiger partial charge is 0.497 e. The fourth-order valence-electron chi connectivity index (χ4n) is 6.25. The highest BCUT2D eigenvalue weighted by Gasteiger charge is 2.67. The third-order valence-electron chi connectivity index (χ3n) is 7.95. The highest BCUT2D eigenvalue weighted by atomic mass is 16.6. The second-order valence-electron chi connectivity index (χ2n) is 9.64. The number of amides is 3. The van der Waals surface area contributed by atoms with Crippen LogP contribution in [0, 0.1) is 45.6 Å². The van der Waals surface area contributed by atoms with Crippen LogP contribution in [0.5, 0.6) is 5.75 Å². The molecule has 0 radical (unpaired) electrons. The van der Waals surface area contributed by atoms with Gasteiger partial charge in [0.15, 0.2) is 0 Å². The molecule has 2 aromatic rings. The molecule has 7 rings (SSSR count). The first kappa shape index (κ1) is 21.5. The van der Waals surface area contributed by atoms with Gasteiger partial charge in [0.1, 0.15) is 12.4 Å². The number of allylic oxidation sites excluding steroid dienone is 2. The zero-order valence-corrected chi connectivity index (χ0v) is 18.9. The molecule has 35 heavy (non-hydrogen) atoms. The van der Waals surface area contributed by atoms with Crippen molar-refractivity contribution in [1.82, 2.24) is 4.90 Å². The minimum atomic E-state index is -0.570. The molecule has 1 heterocycles. The summed E-state index contributed by atoms with van der Waals surface area (Å²) < 4.78 is 5.30. The molecule has 2 bridgehead atoms. The van der Waals surface area contributed by atoms with Gasteiger partial charge in [0, 0.05) is 29.4 Å². The Bertz CT molecular complexity index is 1270. The van der Waals surface area contributed by atoms with Crippen LogP contribution in [0.4, 0.5) is 11.4 Å². The van der Waals surface area contributed by atoms with E-state index in [1.807, 2.05) is 0 Å². The van der Waals surface area contributed by atoms with Gasteiger partial charge >= 0.3 is 0 Å². The Morgan fingerprint density at radius 1 is 1.06 bits per heavy atom. The zero-order valence-electron chi connectivity index (χ0n) is 18.9. The molecule has 6 unspecified atom stereocenters. The first-order valence-corrected chi connectivity index (χ1v) is 11.6. The number of nitrogens with zero attached hydrogens (tertiary/aromatic N) is 3. The number of carbonyl (C=O) groups excluding carboxylic acids is 3.